The van der Waals surface area contributed by atoms with Crippen molar-refractivity contribution < 1.29 is 0 Å². The Balaban J connectivity index is 1.71. The lowest BCUT2D eigenvalue weighted by Gasteiger charge is -2.18. The highest BCUT2D eigenvalue weighted by molar-refractivity contribution is 7.99. The normalized spacial score (nSPS) is 12.3. The monoisotopic (exact) mass is 342 g/mol. The minimum Gasteiger partial charge on any atom is -0.333 e. The number of thioether (sulfide) groups is 1. The van der Waals surface area contributed by atoms with Gasteiger partial charge in [0.1, 0.15) is 0 Å². The third-order valence-electron chi connectivity index (χ3n) is 3.79. The molecule has 0 bridgehead atoms. The van der Waals surface area contributed by atoms with Crippen molar-refractivity contribution in [2.24, 2.45) is 0 Å². The second-order valence-corrected chi connectivity index (χ2v) is 7.15. The van der Waals surface area contributed by atoms with Crippen LogP contribution in [0.5, 0.6) is 0 Å². The number of halogens is 1. The third kappa shape index (κ3) is 4.63. The Hall–Kier alpha value is -1.71. The van der Waals surface area contributed by atoms with E-state index < -0.39 is 0 Å². The quantitative estimate of drug-likeness (QED) is 0.556. The molecule has 4 heteroatoms. The van der Waals surface area contributed by atoms with E-state index in [1.54, 1.807) is 0 Å². The molecule has 0 radical (unpaired) electrons. The van der Waals surface area contributed by atoms with Crippen molar-refractivity contribution in [1.82, 2.24) is 9.55 Å². The fourth-order valence-corrected chi connectivity index (χ4v) is 3.58. The number of rotatable bonds is 6. The first-order chi connectivity index (χ1) is 11.2. The largest absolute Gasteiger partial charge is 0.333 e. The van der Waals surface area contributed by atoms with Crippen LogP contribution in [0, 0.1) is 6.92 Å². The molecule has 3 aromatic rings. The number of aryl methyl sites for hydroxylation is 1. The van der Waals surface area contributed by atoms with E-state index in [1.165, 1.54) is 16.0 Å². The summed E-state index contributed by atoms with van der Waals surface area (Å²) in [6, 6.07) is 17.2. The summed E-state index contributed by atoms with van der Waals surface area (Å²) in [6.07, 6.45) is 6.79. The van der Waals surface area contributed by atoms with Crippen molar-refractivity contribution in [2.45, 2.75) is 24.3 Å². The SMILES string of the molecule is Cc1ccc(CC(CSc2ccc(Cl)cc2)n2ccnc2)cc1. The molecule has 2 nitrogen and oxygen atoms in total. The fraction of sp³-hybridized carbons (Fsp3) is 0.211. The van der Waals surface area contributed by atoms with E-state index in [4.69, 9.17) is 11.6 Å². The van der Waals surface area contributed by atoms with Crippen molar-refractivity contribution in [3.8, 4) is 0 Å². The van der Waals surface area contributed by atoms with Crippen LogP contribution in [0.25, 0.3) is 0 Å². The fourth-order valence-electron chi connectivity index (χ4n) is 2.46. The van der Waals surface area contributed by atoms with Gasteiger partial charge in [0.05, 0.1) is 6.33 Å². The van der Waals surface area contributed by atoms with Crippen LogP contribution in [-0.4, -0.2) is 15.3 Å². The van der Waals surface area contributed by atoms with E-state index in [-0.39, 0.29) is 0 Å². The van der Waals surface area contributed by atoms with Gasteiger partial charge in [0.25, 0.3) is 0 Å². The van der Waals surface area contributed by atoms with Gasteiger partial charge in [-0.1, -0.05) is 41.4 Å². The van der Waals surface area contributed by atoms with E-state index >= 15 is 0 Å². The zero-order valence-corrected chi connectivity index (χ0v) is 14.6. The molecule has 0 amide bonds. The maximum Gasteiger partial charge on any atom is 0.0948 e. The van der Waals surface area contributed by atoms with Crippen LogP contribution in [0.1, 0.15) is 17.2 Å². The van der Waals surface area contributed by atoms with E-state index in [9.17, 15) is 0 Å². The second-order valence-electron chi connectivity index (χ2n) is 5.62. The Morgan fingerprint density at radius 3 is 2.48 bits per heavy atom. The van der Waals surface area contributed by atoms with Crippen LogP contribution in [0.3, 0.4) is 0 Å². The highest BCUT2D eigenvalue weighted by Gasteiger charge is 2.12. The summed E-state index contributed by atoms with van der Waals surface area (Å²) < 4.78 is 2.20. The molecule has 1 heterocycles. The van der Waals surface area contributed by atoms with Gasteiger partial charge in [-0.25, -0.2) is 4.98 Å². The van der Waals surface area contributed by atoms with Gasteiger partial charge >= 0.3 is 0 Å². The van der Waals surface area contributed by atoms with Crippen molar-refractivity contribution in [2.75, 3.05) is 5.75 Å². The molecule has 0 saturated carbocycles. The summed E-state index contributed by atoms with van der Waals surface area (Å²) in [5.74, 6) is 0.992. The third-order valence-corrected chi connectivity index (χ3v) is 5.20. The first-order valence-corrected chi connectivity index (χ1v) is 8.98. The number of imidazole rings is 1. The van der Waals surface area contributed by atoms with Gasteiger partial charge < -0.3 is 4.57 Å². The topological polar surface area (TPSA) is 17.8 Å². The molecule has 118 valence electrons. The molecule has 0 spiro atoms. The van der Waals surface area contributed by atoms with E-state index in [0.717, 1.165) is 17.2 Å². The molecule has 0 aliphatic carbocycles. The number of aromatic nitrogens is 2. The molecule has 3 rings (SSSR count). The van der Waals surface area contributed by atoms with Crippen molar-refractivity contribution in [3.63, 3.8) is 0 Å². The Morgan fingerprint density at radius 1 is 1.09 bits per heavy atom. The zero-order chi connectivity index (χ0) is 16.1. The summed E-state index contributed by atoms with van der Waals surface area (Å²) in [5, 5.41) is 0.778. The predicted octanol–water partition coefficient (Wildman–Crippen LogP) is 5.42. The minimum atomic E-state index is 0.376. The van der Waals surface area contributed by atoms with Crippen LogP contribution in [0.2, 0.25) is 5.02 Å². The Morgan fingerprint density at radius 2 is 1.83 bits per heavy atom. The summed E-state index contributed by atoms with van der Waals surface area (Å²) in [4.78, 5) is 5.44. The number of hydrogen-bond donors (Lipinski definition) is 0. The summed E-state index contributed by atoms with van der Waals surface area (Å²) in [6.45, 7) is 2.12. The van der Waals surface area contributed by atoms with Gasteiger partial charge in [-0.15, -0.1) is 11.8 Å². The minimum absolute atomic E-state index is 0.376. The van der Waals surface area contributed by atoms with Crippen LogP contribution in [0.4, 0.5) is 0 Å². The molecular weight excluding hydrogens is 324 g/mol. The standard InChI is InChI=1S/C19H19ClN2S/c1-15-2-4-16(5-3-15)12-18(22-11-10-21-14-22)13-23-19-8-6-17(20)7-9-19/h2-11,14,18H,12-13H2,1H3. The van der Waals surface area contributed by atoms with Gasteiger partial charge in [-0.05, 0) is 43.2 Å². The van der Waals surface area contributed by atoms with Crippen molar-refractivity contribution in [3.05, 3.63) is 83.4 Å². The predicted molar refractivity (Wildman–Crippen MR) is 98.3 cm³/mol. The molecule has 0 N–H and O–H groups in total. The first-order valence-electron chi connectivity index (χ1n) is 7.62. The molecule has 23 heavy (non-hydrogen) atoms. The number of benzene rings is 2. The maximum atomic E-state index is 5.95. The van der Waals surface area contributed by atoms with Crippen LogP contribution in [-0.2, 0) is 6.42 Å². The molecule has 2 aromatic carbocycles. The van der Waals surface area contributed by atoms with Gasteiger partial charge in [0.15, 0.2) is 0 Å². The molecule has 0 aliphatic heterocycles. The molecule has 0 aliphatic rings. The Labute approximate surface area is 146 Å². The van der Waals surface area contributed by atoms with Crippen LogP contribution >= 0.6 is 23.4 Å². The molecular formula is C19H19ClN2S. The lowest BCUT2D eigenvalue weighted by Crippen LogP contribution is -2.13. The molecule has 0 saturated heterocycles. The summed E-state index contributed by atoms with van der Waals surface area (Å²) in [7, 11) is 0. The van der Waals surface area contributed by atoms with Crippen molar-refractivity contribution in [1.29, 1.82) is 0 Å². The highest BCUT2D eigenvalue weighted by Crippen LogP contribution is 2.26. The van der Waals surface area contributed by atoms with Gasteiger partial charge in [0, 0.05) is 34.1 Å². The molecule has 1 unspecified atom stereocenters. The smallest absolute Gasteiger partial charge is 0.0948 e. The van der Waals surface area contributed by atoms with Crippen molar-refractivity contribution >= 4 is 23.4 Å². The number of nitrogens with zero attached hydrogens (tertiary/aromatic N) is 2. The first kappa shape index (κ1) is 16.2. The van der Waals surface area contributed by atoms with E-state index in [0.29, 0.717) is 6.04 Å². The summed E-state index contributed by atoms with van der Waals surface area (Å²) in [5.41, 5.74) is 2.65. The average Bonchev–Trinajstić information content (AvgIpc) is 3.09. The molecule has 1 atom stereocenters. The van der Waals surface area contributed by atoms with Crippen LogP contribution < -0.4 is 0 Å². The zero-order valence-electron chi connectivity index (χ0n) is 13.0. The van der Waals surface area contributed by atoms with Gasteiger partial charge in [0.2, 0.25) is 0 Å². The van der Waals surface area contributed by atoms with Gasteiger partial charge in [-0.3, -0.25) is 0 Å². The average molecular weight is 343 g/mol. The lowest BCUT2D eigenvalue weighted by molar-refractivity contribution is 0.553. The van der Waals surface area contributed by atoms with E-state index in [2.05, 4.69) is 52.9 Å². The number of hydrogen-bond acceptors (Lipinski definition) is 2. The summed E-state index contributed by atoms with van der Waals surface area (Å²) >= 11 is 7.80. The second kappa shape index (κ2) is 7.71. The van der Waals surface area contributed by atoms with Crippen LogP contribution in [0.15, 0.2) is 72.1 Å². The maximum absolute atomic E-state index is 5.95. The lowest BCUT2D eigenvalue weighted by atomic mass is 10.1. The molecule has 0 fully saturated rings. The van der Waals surface area contributed by atoms with Gasteiger partial charge in [-0.2, -0.15) is 0 Å². The highest BCUT2D eigenvalue weighted by atomic mass is 35.5. The molecule has 1 aromatic heterocycles. The Kier molecular flexibility index (Phi) is 5.42. The van der Waals surface area contributed by atoms with E-state index in [1.807, 2.05) is 42.6 Å². The Bertz CT molecular complexity index is 721.